The number of aromatic nitrogens is 2. The van der Waals surface area contributed by atoms with Crippen molar-refractivity contribution in [3.63, 3.8) is 0 Å². The number of carbonyl (C=O) groups excluding carboxylic acids is 1. The Hall–Kier alpha value is -2.64. The van der Waals surface area contributed by atoms with Crippen molar-refractivity contribution in [1.29, 1.82) is 0 Å². The number of rotatable bonds is 9. The topological polar surface area (TPSA) is 62.6 Å². The van der Waals surface area contributed by atoms with E-state index >= 15 is 0 Å². The average molecular weight is 553 g/mol. The predicted molar refractivity (Wildman–Crippen MR) is 153 cm³/mol. The SMILES string of the molecule is CCCC.CCCCCC(C)CC(=O)OC(C)(C)C.Cc1cn(-c2ccc3c(c2)OC(F)(F)O3)nc1C(C)C. The van der Waals surface area contributed by atoms with E-state index in [0.29, 0.717) is 23.9 Å². The number of carbonyl (C=O) groups is 1. The minimum Gasteiger partial charge on any atom is -0.460 e. The summed E-state index contributed by atoms with van der Waals surface area (Å²) in [4.78, 5) is 11.5. The Bertz CT molecular complexity index is 1010. The summed E-state index contributed by atoms with van der Waals surface area (Å²) in [6, 6.07) is 4.62. The molecule has 0 N–H and O–H groups in total. The van der Waals surface area contributed by atoms with Gasteiger partial charge >= 0.3 is 12.3 Å². The van der Waals surface area contributed by atoms with Crippen molar-refractivity contribution in [2.75, 3.05) is 0 Å². The summed E-state index contributed by atoms with van der Waals surface area (Å²) < 4.78 is 41.7. The normalized spacial score (nSPS) is 14.2. The van der Waals surface area contributed by atoms with Crippen LogP contribution >= 0.6 is 0 Å². The van der Waals surface area contributed by atoms with Crippen LogP contribution in [0.4, 0.5) is 8.78 Å². The first kappa shape index (κ1) is 34.4. The maximum atomic E-state index is 13.0. The number of ether oxygens (including phenoxy) is 3. The summed E-state index contributed by atoms with van der Waals surface area (Å²) in [6.45, 7) is 20.5. The van der Waals surface area contributed by atoms with Crippen LogP contribution < -0.4 is 9.47 Å². The Morgan fingerprint density at radius 3 is 2.15 bits per heavy atom. The van der Waals surface area contributed by atoms with Gasteiger partial charge in [-0.25, -0.2) is 4.68 Å². The van der Waals surface area contributed by atoms with Gasteiger partial charge in [0.1, 0.15) is 5.60 Å². The highest BCUT2D eigenvalue weighted by molar-refractivity contribution is 5.70. The van der Waals surface area contributed by atoms with E-state index in [4.69, 9.17) is 4.74 Å². The number of aryl methyl sites for hydroxylation is 1. The minimum atomic E-state index is -3.59. The number of halogens is 2. The predicted octanol–water partition coefficient (Wildman–Crippen LogP) is 9.37. The van der Waals surface area contributed by atoms with E-state index in [-0.39, 0.29) is 23.1 Å². The van der Waals surface area contributed by atoms with Crippen LogP contribution in [0.2, 0.25) is 0 Å². The molecule has 0 amide bonds. The molecular weight excluding hydrogens is 502 g/mol. The van der Waals surface area contributed by atoms with Gasteiger partial charge in [0.25, 0.3) is 0 Å². The van der Waals surface area contributed by atoms with E-state index in [1.54, 1.807) is 10.7 Å². The molecule has 0 aliphatic carbocycles. The molecule has 6 nitrogen and oxygen atoms in total. The zero-order valence-electron chi connectivity index (χ0n) is 25.7. The van der Waals surface area contributed by atoms with Crippen LogP contribution in [0.1, 0.15) is 124 Å². The van der Waals surface area contributed by atoms with Gasteiger partial charge in [-0.3, -0.25) is 4.79 Å². The van der Waals surface area contributed by atoms with Crippen LogP contribution in [0, 0.1) is 12.8 Å². The fourth-order valence-corrected chi connectivity index (χ4v) is 3.77. The highest BCUT2D eigenvalue weighted by Gasteiger charge is 2.43. The van der Waals surface area contributed by atoms with E-state index in [1.807, 2.05) is 33.9 Å². The van der Waals surface area contributed by atoms with E-state index in [1.165, 1.54) is 44.2 Å². The number of unbranched alkanes of at least 4 members (excludes halogenated alkanes) is 3. The molecule has 8 heteroatoms. The molecule has 1 aromatic heterocycles. The summed E-state index contributed by atoms with van der Waals surface area (Å²) in [7, 11) is 0. The number of alkyl halides is 2. The van der Waals surface area contributed by atoms with Crippen LogP contribution in [0.3, 0.4) is 0 Å². The maximum absolute atomic E-state index is 13.0. The smallest absolute Gasteiger partial charge is 0.460 e. The zero-order valence-corrected chi connectivity index (χ0v) is 25.7. The Kier molecular flexibility index (Phi) is 14.0. The molecule has 2 heterocycles. The summed E-state index contributed by atoms with van der Waals surface area (Å²) in [6.07, 6.45) is 6.32. The van der Waals surface area contributed by atoms with Crippen molar-refractivity contribution in [2.24, 2.45) is 5.92 Å². The van der Waals surface area contributed by atoms with E-state index < -0.39 is 6.29 Å². The monoisotopic (exact) mass is 552 g/mol. The molecule has 1 aliphatic heterocycles. The molecule has 0 spiro atoms. The Morgan fingerprint density at radius 1 is 1.03 bits per heavy atom. The number of hydrogen-bond acceptors (Lipinski definition) is 5. The van der Waals surface area contributed by atoms with Gasteiger partial charge in [0.05, 0.1) is 11.4 Å². The first-order chi connectivity index (χ1) is 18.1. The van der Waals surface area contributed by atoms with Crippen LogP contribution in [0.5, 0.6) is 11.5 Å². The van der Waals surface area contributed by atoms with E-state index in [9.17, 15) is 13.6 Å². The van der Waals surface area contributed by atoms with Gasteiger partial charge in [-0.1, -0.05) is 80.1 Å². The van der Waals surface area contributed by atoms with Gasteiger partial charge in [-0.2, -0.15) is 5.10 Å². The van der Waals surface area contributed by atoms with Crippen LogP contribution in [0.25, 0.3) is 5.69 Å². The lowest BCUT2D eigenvalue weighted by molar-refractivity contribution is -0.286. The van der Waals surface area contributed by atoms with Gasteiger partial charge in [0.15, 0.2) is 11.5 Å². The molecule has 0 bridgehead atoms. The van der Waals surface area contributed by atoms with Crippen molar-refractivity contribution in [1.82, 2.24) is 9.78 Å². The van der Waals surface area contributed by atoms with Gasteiger partial charge in [0.2, 0.25) is 0 Å². The molecule has 0 saturated heterocycles. The molecule has 0 saturated carbocycles. The molecule has 0 radical (unpaired) electrons. The lowest BCUT2D eigenvalue weighted by Crippen LogP contribution is -2.25. The quantitative estimate of drug-likeness (QED) is 0.229. The third-order valence-corrected chi connectivity index (χ3v) is 5.87. The Labute approximate surface area is 234 Å². The summed E-state index contributed by atoms with van der Waals surface area (Å²) >= 11 is 0. The highest BCUT2D eigenvalue weighted by atomic mass is 19.3. The maximum Gasteiger partial charge on any atom is 0.586 e. The van der Waals surface area contributed by atoms with Gasteiger partial charge in [0, 0.05) is 18.7 Å². The number of nitrogens with zero attached hydrogens (tertiary/aromatic N) is 2. The zero-order chi connectivity index (χ0) is 29.8. The first-order valence-electron chi connectivity index (χ1n) is 14.3. The summed E-state index contributed by atoms with van der Waals surface area (Å²) in [5.41, 5.74) is 2.34. The second-order valence-electron chi connectivity index (χ2n) is 11.5. The van der Waals surface area contributed by atoms with Crippen LogP contribution in [0.15, 0.2) is 24.4 Å². The van der Waals surface area contributed by atoms with Gasteiger partial charge in [-0.05, 0) is 57.2 Å². The Balaban J connectivity index is 0.000000356. The fourth-order valence-electron chi connectivity index (χ4n) is 3.77. The highest BCUT2D eigenvalue weighted by Crippen LogP contribution is 2.41. The van der Waals surface area contributed by atoms with Gasteiger partial charge in [-0.15, -0.1) is 8.78 Å². The standard InChI is InChI=1S/C14H14F2N2O2.C13H26O2.C4H10/c1-8(2)13-9(3)7-18(17-13)10-4-5-11-12(6-10)20-14(15,16)19-11;1-6-7-8-9-11(2)10-12(14)15-13(3,4)5;1-3-4-2/h4-8H,1-3H3;11H,6-10H2,1-5H3;3-4H2,1-2H3. The molecule has 1 unspecified atom stereocenters. The van der Waals surface area contributed by atoms with Crippen molar-refractivity contribution in [3.05, 3.63) is 35.7 Å². The molecule has 1 aromatic carbocycles. The van der Waals surface area contributed by atoms with Crippen molar-refractivity contribution >= 4 is 5.97 Å². The third kappa shape index (κ3) is 12.8. The van der Waals surface area contributed by atoms with Crippen molar-refractivity contribution in [3.8, 4) is 17.2 Å². The molecule has 0 fully saturated rings. The molecule has 3 rings (SSSR count). The molecule has 222 valence electrons. The third-order valence-electron chi connectivity index (χ3n) is 5.87. The van der Waals surface area contributed by atoms with Crippen LogP contribution in [-0.2, 0) is 9.53 Å². The number of fused-ring (bicyclic) bond motifs is 1. The molecule has 1 atom stereocenters. The van der Waals surface area contributed by atoms with Crippen molar-refractivity contribution < 1.29 is 27.8 Å². The number of benzene rings is 1. The largest absolute Gasteiger partial charge is 0.586 e. The lowest BCUT2D eigenvalue weighted by atomic mass is 10.00. The Morgan fingerprint density at radius 2 is 1.64 bits per heavy atom. The van der Waals surface area contributed by atoms with Crippen LogP contribution in [-0.4, -0.2) is 27.6 Å². The molecule has 2 aromatic rings. The van der Waals surface area contributed by atoms with Crippen molar-refractivity contribution in [2.45, 2.75) is 132 Å². The van der Waals surface area contributed by atoms with E-state index in [2.05, 4.69) is 56.1 Å². The van der Waals surface area contributed by atoms with E-state index in [0.717, 1.165) is 17.7 Å². The van der Waals surface area contributed by atoms with Gasteiger partial charge < -0.3 is 14.2 Å². The fraction of sp³-hybridized carbons (Fsp3) is 0.677. The second kappa shape index (κ2) is 15.8. The number of esters is 1. The second-order valence-corrected chi connectivity index (χ2v) is 11.5. The number of hydrogen-bond donors (Lipinski definition) is 0. The molecule has 39 heavy (non-hydrogen) atoms. The average Bonchev–Trinajstić information content (AvgIpc) is 3.35. The lowest BCUT2D eigenvalue weighted by Gasteiger charge is -2.20. The summed E-state index contributed by atoms with van der Waals surface area (Å²) in [5, 5.41) is 4.47. The molecule has 1 aliphatic rings. The summed E-state index contributed by atoms with van der Waals surface area (Å²) in [5.74, 6) is 0.742. The first-order valence-corrected chi connectivity index (χ1v) is 14.3. The minimum absolute atomic E-state index is 0.0201. The molecular formula is C31H50F2N2O4.